The Labute approximate surface area is 93.4 Å². The average molecular weight is 231 g/mol. The minimum Gasteiger partial charge on any atom is -0.484 e. The Morgan fingerprint density at radius 3 is 2.93 bits per heavy atom. The van der Waals surface area contributed by atoms with Crippen molar-refractivity contribution in [3.8, 4) is 5.75 Å². The van der Waals surface area contributed by atoms with Gasteiger partial charge in [0.05, 0.1) is 6.10 Å². The fourth-order valence-electron chi connectivity index (χ4n) is 1.04. The van der Waals surface area contributed by atoms with Crippen molar-refractivity contribution in [2.45, 2.75) is 26.4 Å². The number of aliphatic hydroxyl groups is 1. The molecule has 1 rings (SSSR count). The molecule has 0 atom stereocenters. The zero-order valence-electron chi connectivity index (χ0n) is 8.99. The smallest absolute Gasteiger partial charge is 0.197 e. The van der Waals surface area contributed by atoms with Crippen LogP contribution in [0.5, 0.6) is 5.75 Å². The van der Waals surface area contributed by atoms with Crippen molar-refractivity contribution in [2.75, 3.05) is 24.2 Å². The third-order valence-corrected chi connectivity index (χ3v) is 2.45. The summed E-state index contributed by atoms with van der Waals surface area (Å²) in [4.78, 5) is 0. The molecular formula is C9H17N3O2S. The second-order valence-electron chi connectivity index (χ2n) is 3.40. The standard InChI is InChI=1S/C9H17N3O2S/c1-6(2)14-7-8(10)12-15-9(7)11-4-3-5-13/h6,11,13H,3-5H2,1-2H3,(H2,10,12). The Hall–Kier alpha value is -1.01. The van der Waals surface area contributed by atoms with Crippen molar-refractivity contribution in [1.82, 2.24) is 4.37 Å². The van der Waals surface area contributed by atoms with E-state index in [2.05, 4.69) is 9.69 Å². The molecule has 0 aliphatic rings. The summed E-state index contributed by atoms with van der Waals surface area (Å²) < 4.78 is 9.56. The fraction of sp³-hybridized carbons (Fsp3) is 0.667. The number of rotatable bonds is 6. The summed E-state index contributed by atoms with van der Waals surface area (Å²) in [7, 11) is 0. The van der Waals surface area contributed by atoms with Gasteiger partial charge in [-0.3, -0.25) is 0 Å². The van der Waals surface area contributed by atoms with Gasteiger partial charge in [0.2, 0.25) is 0 Å². The molecule has 0 saturated carbocycles. The van der Waals surface area contributed by atoms with Crippen LogP contribution in [0.25, 0.3) is 0 Å². The van der Waals surface area contributed by atoms with Crippen LogP contribution in [0.15, 0.2) is 0 Å². The summed E-state index contributed by atoms with van der Waals surface area (Å²) in [6.07, 6.45) is 0.765. The van der Waals surface area contributed by atoms with Gasteiger partial charge >= 0.3 is 0 Å². The van der Waals surface area contributed by atoms with Gasteiger partial charge in [0.15, 0.2) is 16.6 Å². The number of hydrogen-bond acceptors (Lipinski definition) is 6. The van der Waals surface area contributed by atoms with Gasteiger partial charge in [-0.05, 0) is 31.8 Å². The van der Waals surface area contributed by atoms with Crippen molar-refractivity contribution >= 4 is 22.4 Å². The van der Waals surface area contributed by atoms with Crippen LogP contribution in [0.4, 0.5) is 10.8 Å². The summed E-state index contributed by atoms with van der Waals surface area (Å²) in [5.41, 5.74) is 5.68. The van der Waals surface area contributed by atoms with E-state index in [1.807, 2.05) is 13.8 Å². The Balaban J connectivity index is 2.62. The van der Waals surface area contributed by atoms with Gasteiger partial charge in [0.25, 0.3) is 0 Å². The van der Waals surface area contributed by atoms with Crippen LogP contribution in [0.3, 0.4) is 0 Å². The molecule has 0 radical (unpaired) electrons. The van der Waals surface area contributed by atoms with Crippen LogP contribution in [0.1, 0.15) is 20.3 Å². The van der Waals surface area contributed by atoms with Gasteiger partial charge in [-0.2, -0.15) is 4.37 Å². The van der Waals surface area contributed by atoms with Crippen LogP contribution in [-0.4, -0.2) is 28.7 Å². The lowest BCUT2D eigenvalue weighted by atomic mass is 10.4. The molecule has 1 heterocycles. The molecule has 4 N–H and O–H groups in total. The number of nitrogens with two attached hydrogens (primary N) is 1. The first-order valence-electron chi connectivity index (χ1n) is 4.91. The predicted octanol–water partition coefficient (Wildman–Crippen LogP) is 1.31. The maximum atomic E-state index is 8.66. The lowest BCUT2D eigenvalue weighted by Gasteiger charge is -2.11. The molecule has 1 aromatic rings. The molecular weight excluding hydrogens is 214 g/mol. The highest BCUT2D eigenvalue weighted by atomic mass is 32.1. The summed E-state index contributed by atoms with van der Waals surface area (Å²) in [5.74, 6) is 1.04. The molecule has 0 fully saturated rings. The first kappa shape index (κ1) is 12.1. The highest BCUT2D eigenvalue weighted by molar-refractivity contribution is 7.11. The molecule has 15 heavy (non-hydrogen) atoms. The van der Waals surface area contributed by atoms with E-state index in [-0.39, 0.29) is 12.7 Å². The van der Waals surface area contributed by atoms with Crippen LogP contribution in [-0.2, 0) is 0 Å². The number of ether oxygens (including phenoxy) is 1. The van der Waals surface area contributed by atoms with Crippen LogP contribution in [0.2, 0.25) is 0 Å². The number of aliphatic hydroxyl groups excluding tert-OH is 1. The van der Waals surface area contributed by atoms with Gasteiger partial charge in [-0.25, -0.2) is 0 Å². The average Bonchev–Trinajstić information content (AvgIpc) is 2.49. The van der Waals surface area contributed by atoms with E-state index in [0.717, 1.165) is 5.00 Å². The monoisotopic (exact) mass is 231 g/mol. The van der Waals surface area contributed by atoms with Gasteiger partial charge < -0.3 is 20.9 Å². The van der Waals surface area contributed by atoms with Gasteiger partial charge in [0, 0.05) is 13.2 Å². The highest BCUT2D eigenvalue weighted by Crippen LogP contribution is 2.35. The Bertz CT molecular complexity index is 302. The zero-order valence-corrected chi connectivity index (χ0v) is 9.80. The number of nitrogen functional groups attached to an aromatic ring is 1. The highest BCUT2D eigenvalue weighted by Gasteiger charge is 2.13. The molecule has 86 valence electrons. The van der Waals surface area contributed by atoms with E-state index in [4.69, 9.17) is 15.6 Å². The summed E-state index contributed by atoms with van der Waals surface area (Å²) in [6.45, 7) is 4.73. The SMILES string of the molecule is CC(C)Oc1c(N)nsc1NCCCO. The number of hydrogen-bond donors (Lipinski definition) is 3. The normalized spacial score (nSPS) is 10.7. The maximum Gasteiger partial charge on any atom is 0.197 e. The number of nitrogens with one attached hydrogen (secondary N) is 1. The summed E-state index contributed by atoms with van der Waals surface area (Å²) >= 11 is 1.28. The van der Waals surface area contributed by atoms with Gasteiger partial charge in [-0.1, -0.05) is 0 Å². The minimum atomic E-state index is 0.0714. The molecule has 0 saturated heterocycles. The predicted molar refractivity (Wildman–Crippen MR) is 62.5 cm³/mol. The molecule has 5 nitrogen and oxygen atoms in total. The quantitative estimate of drug-likeness (QED) is 0.643. The van der Waals surface area contributed by atoms with E-state index in [9.17, 15) is 0 Å². The molecule has 1 aromatic heterocycles. The Morgan fingerprint density at radius 2 is 2.33 bits per heavy atom. The molecule has 0 spiro atoms. The summed E-state index contributed by atoms with van der Waals surface area (Å²) in [6, 6.07) is 0. The molecule has 0 bridgehead atoms. The Morgan fingerprint density at radius 1 is 1.60 bits per heavy atom. The topological polar surface area (TPSA) is 80.4 Å². The van der Waals surface area contributed by atoms with Crippen molar-refractivity contribution < 1.29 is 9.84 Å². The third kappa shape index (κ3) is 3.56. The van der Waals surface area contributed by atoms with Crippen molar-refractivity contribution in [1.29, 1.82) is 0 Å². The second-order valence-corrected chi connectivity index (χ2v) is 4.17. The molecule has 0 aromatic carbocycles. The first-order chi connectivity index (χ1) is 7.15. The number of nitrogens with zero attached hydrogens (tertiary/aromatic N) is 1. The molecule has 0 amide bonds. The second kappa shape index (κ2) is 5.77. The van der Waals surface area contributed by atoms with Gasteiger partial charge in [0.1, 0.15) is 0 Å². The van der Waals surface area contributed by atoms with Crippen LogP contribution >= 0.6 is 11.5 Å². The molecule has 0 aliphatic heterocycles. The number of aromatic nitrogens is 1. The van der Waals surface area contributed by atoms with Crippen molar-refractivity contribution in [3.63, 3.8) is 0 Å². The lowest BCUT2D eigenvalue weighted by Crippen LogP contribution is -2.09. The van der Waals surface area contributed by atoms with Crippen molar-refractivity contribution in [3.05, 3.63) is 0 Å². The largest absolute Gasteiger partial charge is 0.484 e. The van der Waals surface area contributed by atoms with E-state index in [0.29, 0.717) is 24.5 Å². The number of anilines is 2. The van der Waals surface area contributed by atoms with Gasteiger partial charge in [-0.15, -0.1) is 0 Å². The van der Waals surface area contributed by atoms with E-state index < -0.39 is 0 Å². The van der Waals surface area contributed by atoms with E-state index in [1.165, 1.54) is 11.5 Å². The molecule has 0 aliphatic carbocycles. The van der Waals surface area contributed by atoms with Crippen LogP contribution < -0.4 is 15.8 Å². The minimum absolute atomic E-state index is 0.0714. The lowest BCUT2D eigenvalue weighted by molar-refractivity contribution is 0.245. The third-order valence-electron chi connectivity index (χ3n) is 1.65. The van der Waals surface area contributed by atoms with Crippen molar-refractivity contribution in [2.24, 2.45) is 0 Å². The molecule has 0 unspecified atom stereocenters. The fourth-order valence-corrected chi connectivity index (χ4v) is 1.71. The zero-order chi connectivity index (χ0) is 11.3. The van der Waals surface area contributed by atoms with Crippen LogP contribution in [0, 0.1) is 0 Å². The summed E-state index contributed by atoms with van der Waals surface area (Å²) in [5, 5.41) is 12.6. The van der Waals surface area contributed by atoms with E-state index in [1.54, 1.807) is 0 Å². The molecule has 6 heteroatoms. The van der Waals surface area contributed by atoms with E-state index >= 15 is 0 Å². The first-order valence-corrected chi connectivity index (χ1v) is 5.69. The Kier molecular flexibility index (Phi) is 4.64. The maximum absolute atomic E-state index is 8.66.